The molecule has 58 heavy (non-hydrogen) atoms. The van der Waals surface area contributed by atoms with Crippen LogP contribution in [0, 0.1) is 0 Å². The summed E-state index contributed by atoms with van der Waals surface area (Å²) >= 11 is 0. The SMILES string of the molecule is CCCCC/C=C\C/C=C\C/C=C\CCCCC(=O)OC[C@@H](COC(=O)CCCCCCCCCCCCC)OC(=O)CCCCCCCCCCCCCCCC. The first-order chi connectivity index (χ1) is 28.5. The Morgan fingerprint density at radius 1 is 0.345 bits per heavy atom. The maximum Gasteiger partial charge on any atom is 0.306 e. The number of unbranched alkanes of at least 4 members (excludes halogenated alkanes) is 28. The maximum atomic E-state index is 12.8. The molecule has 1 atom stereocenters. The Kier molecular flexibility index (Phi) is 45.4. The standard InChI is InChI=1S/C52H94O6/c1-4-7-10-13-16-19-22-24-26-28-30-33-36-39-42-45-51(54)57-48-49(47-56-50(53)44-41-38-35-32-29-21-18-15-12-9-6-3)58-52(55)46-43-40-37-34-31-27-25-23-20-17-14-11-8-5-2/h16,19,24,26,30,33,49H,4-15,17-18,20-23,25,27-29,31-32,34-48H2,1-3H3/b19-16-,26-24-,33-30-/t49-/m1/s1. The fraction of sp³-hybridized carbons (Fsp3) is 0.827. The van der Waals surface area contributed by atoms with Gasteiger partial charge in [0.25, 0.3) is 0 Å². The Morgan fingerprint density at radius 3 is 1.00 bits per heavy atom. The zero-order valence-electron chi connectivity index (χ0n) is 38.6. The van der Waals surface area contributed by atoms with Crippen molar-refractivity contribution in [3.63, 3.8) is 0 Å². The van der Waals surface area contributed by atoms with Crippen LogP contribution in [0.1, 0.15) is 258 Å². The van der Waals surface area contributed by atoms with Gasteiger partial charge in [-0.2, -0.15) is 0 Å². The zero-order chi connectivity index (χ0) is 42.3. The minimum atomic E-state index is -0.781. The zero-order valence-corrected chi connectivity index (χ0v) is 38.6. The molecule has 0 fully saturated rings. The van der Waals surface area contributed by atoms with Gasteiger partial charge < -0.3 is 14.2 Å². The van der Waals surface area contributed by atoms with Crippen molar-refractivity contribution in [2.24, 2.45) is 0 Å². The van der Waals surface area contributed by atoms with Crippen LogP contribution < -0.4 is 0 Å². The molecule has 0 unspecified atom stereocenters. The lowest BCUT2D eigenvalue weighted by Crippen LogP contribution is -2.30. The van der Waals surface area contributed by atoms with Crippen molar-refractivity contribution in [2.45, 2.75) is 264 Å². The highest BCUT2D eigenvalue weighted by Gasteiger charge is 2.19. The molecular formula is C52H94O6. The molecular weight excluding hydrogens is 721 g/mol. The first kappa shape index (κ1) is 55.6. The van der Waals surface area contributed by atoms with Gasteiger partial charge in [-0.3, -0.25) is 14.4 Å². The summed E-state index contributed by atoms with van der Waals surface area (Å²) in [6.45, 7) is 6.58. The Labute approximate surface area is 359 Å². The van der Waals surface area contributed by atoms with Crippen molar-refractivity contribution in [1.29, 1.82) is 0 Å². The van der Waals surface area contributed by atoms with Gasteiger partial charge in [0.1, 0.15) is 13.2 Å². The van der Waals surface area contributed by atoms with Crippen molar-refractivity contribution >= 4 is 17.9 Å². The molecule has 6 heteroatoms. The van der Waals surface area contributed by atoms with E-state index in [0.717, 1.165) is 70.6 Å². The smallest absolute Gasteiger partial charge is 0.306 e. The molecule has 0 aromatic heterocycles. The monoisotopic (exact) mass is 815 g/mol. The number of ether oxygens (including phenoxy) is 3. The second-order valence-corrected chi connectivity index (χ2v) is 16.7. The van der Waals surface area contributed by atoms with Gasteiger partial charge in [-0.15, -0.1) is 0 Å². The molecule has 0 aliphatic carbocycles. The molecule has 0 saturated heterocycles. The van der Waals surface area contributed by atoms with E-state index < -0.39 is 6.10 Å². The number of hydrogen-bond acceptors (Lipinski definition) is 6. The van der Waals surface area contributed by atoms with Crippen LogP contribution in [0.4, 0.5) is 0 Å². The largest absolute Gasteiger partial charge is 0.462 e. The van der Waals surface area contributed by atoms with Gasteiger partial charge in [-0.1, -0.05) is 218 Å². The van der Waals surface area contributed by atoms with Crippen LogP contribution >= 0.6 is 0 Å². The predicted molar refractivity (Wildman–Crippen MR) is 247 cm³/mol. The van der Waals surface area contributed by atoms with Crippen LogP contribution in [0.2, 0.25) is 0 Å². The first-order valence-electron chi connectivity index (χ1n) is 25.0. The lowest BCUT2D eigenvalue weighted by Gasteiger charge is -2.18. The van der Waals surface area contributed by atoms with E-state index in [-0.39, 0.29) is 31.1 Å². The molecule has 0 aliphatic heterocycles. The van der Waals surface area contributed by atoms with Crippen molar-refractivity contribution < 1.29 is 28.6 Å². The average molecular weight is 815 g/mol. The van der Waals surface area contributed by atoms with E-state index >= 15 is 0 Å². The minimum Gasteiger partial charge on any atom is -0.462 e. The van der Waals surface area contributed by atoms with E-state index in [0.29, 0.717) is 19.3 Å². The van der Waals surface area contributed by atoms with Crippen LogP contribution in [-0.4, -0.2) is 37.2 Å². The predicted octanol–water partition coefficient (Wildman–Crippen LogP) is 16.1. The lowest BCUT2D eigenvalue weighted by molar-refractivity contribution is -0.167. The molecule has 0 N–H and O–H groups in total. The van der Waals surface area contributed by atoms with Crippen LogP contribution in [-0.2, 0) is 28.6 Å². The molecule has 0 spiro atoms. The molecule has 0 aliphatic rings. The molecule has 0 aromatic carbocycles. The van der Waals surface area contributed by atoms with Gasteiger partial charge in [0.2, 0.25) is 0 Å². The summed E-state index contributed by atoms with van der Waals surface area (Å²) in [6.07, 6.45) is 54.1. The van der Waals surface area contributed by atoms with E-state index in [1.165, 1.54) is 148 Å². The van der Waals surface area contributed by atoms with Gasteiger partial charge in [0.15, 0.2) is 6.10 Å². The molecule has 6 nitrogen and oxygen atoms in total. The summed E-state index contributed by atoms with van der Waals surface area (Å²) in [5, 5.41) is 0. The molecule has 0 saturated carbocycles. The van der Waals surface area contributed by atoms with Crippen LogP contribution in [0.3, 0.4) is 0 Å². The molecule has 338 valence electrons. The van der Waals surface area contributed by atoms with Crippen LogP contribution in [0.15, 0.2) is 36.5 Å². The van der Waals surface area contributed by atoms with Gasteiger partial charge >= 0.3 is 17.9 Å². The highest BCUT2D eigenvalue weighted by Crippen LogP contribution is 2.15. The van der Waals surface area contributed by atoms with Crippen molar-refractivity contribution in [3.8, 4) is 0 Å². The van der Waals surface area contributed by atoms with Gasteiger partial charge in [-0.05, 0) is 57.8 Å². The van der Waals surface area contributed by atoms with Gasteiger partial charge in [0, 0.05) is 19.3 Å². The lowest BCUT2D eigenvalue weighted by atomic mass is 10.0. The number of carbonyl (C=O) groups excluding carboxylic acids is 3. The van der Waals surface area contributed by atoms with Crippen LogP contribution in [0.5, 0.6) is 0 Å². The summed E-state index contributed by atoms with van der Waals surface area (Å²) < 4.78 is 16.7. The van der Waals surface area contributed by atoms with E-state index in [4.69, 9.17) is 14.2 Å². The maximum absolute atomic E-state index is 12.8. The Bertz CT molecular complexity index is 984. The van der Waals surface area contributed by atoms with Crippen molar-refractivity contribution in [2.75, 3.05) is 13.2 Å². The third-order valence-corrected chi connectivity index (χ3v) is 10.9. The molecule has 0 rings (SSSR count). The molecule has 0 bridgehead atoms. The van der Waals surface area contributed by atoms with Gasteiger partial charge in [-0.25, -0.2) is 0 Å². The normalized spacial score (nSPS) is 12.3. The Balaban J connectivity index is 4.40. The topological polar surface area (TPSA) is 78.9 Å². The van der Waals surface area contributed by atoms with Crippen LogP contribution in [0.25, 0.3) is 0 Å². The highest BCUT2D eigenvalue weighted by molar-refractivity contribution is 5.71. The Hall–Kier alpha value is -2.37. The van der Waals surface area contributed by atoms with Crippen molar-refractivity contribution in [3.05, 3.63) is 36.5 Å². The fourth-order valence-corrected chi connectivity index (χ4v) is 7.10. The highest BCUT2D eigenvalue weighted by atomic mass is 16.6. The van der Waals surface area contributed by atoms with E-state index in [2.05, 4.69) is 57.2 Å². The second kappa shape index (κ2) is 47.3. The third-order valence-electron chi connectivity index (χ3n) is 10.9. The van der Waals surface area contributed by atoms with E-state index in [1.807, 2.05) is 0 Å². The number of carbonyl (C=O) groups is 3. The first-order valence-corrected chi connectivity index (χ1v) is 25.0. The second-order valence-electron chi connectivity index (χ2n) is 16.7. The van der Waals surface area contributed by atoms with E-state index in [9.17, 15) is 14.4 Å². The third kappa shape index (κ3) is 44.7. The summed E-state index contributed by atoms with van der Waals surface area (Å²) in [7, 11) is 0. The fourth-order valence-electron chi connectivity index (χ4n) is 7.10. The molecule has 0 amide bonds. The minimum absolute atomic E-state index is 0.0802. The summed E-state index contributed by atoms with van der Waals surface area (Å²) in [4.78, 5) is 37.8. The van der Waals surface area contributed by atoms with E-state index in [1.54, 1.807) is 0 Å². The number of hydrogen-bond donors (Lipinski definition) is 0. The number of esters is 3. The summed E-state index contributed by atoms with van der Waals surface area (Å²) in [5.74, 6) is -0.912. The molecule has 0 radical (unpaired) electrons. The van der Waals surface area contributed by atoms with Crippen molar-refractivity contribution in [1.82, 2.24) is 0 Å². The number of allylic oxidation sites excluding steroid dienone is 6. The summed E-state index contributed by atoms with van der Waals surface area (Å²) in [6, 6.07) is 0. The average Bonchev–Trinajstić information content (AvgIpc) is 3.22. The van der Waals surface area contributed by atoms with Gasteiger partial charge in [0.05, 0.1) is 0 Å². The molecule has 0 heterocycles. The number of rotatable bonds is 45. The molecule has 0 aromatic rings. The summed E-state index contributed by atoms with van der Waals surface area (Å²) in [5.41, 5.74) is 0. The Morgan fingerprint density at radius 2 is 0.621 bits per heavy atom. The quantitative estimate of drug-likeness (QED) is 0.0264.